The Labute approximate surface area is 113 Å². The third-order valence-electron chi connectivity index (χ3n) is 5.03. The van der Waals surface area contributed by atoms with Crippen molar-refractivity contribution in [1.82, 2.24) is 15.1 Å². The second-order valence-electron chi connectivity index (χ2n) is 6.31. The van der Waals surface area contributed by atoms with E-state index in [9.17, 15) is 0 Å². The van der Waals surface area contributed by atoms with E-state index in [0.29, 0.717) is 6.04 Å². The summed E-state index contributed by atoms with van der Waals surface area (Å²) in [5, 5.41) is 3.31. The van der Waals surface area contributed by atoms with Crippen LogP contribution >= 0.6 is 0 Å². The fraction of sp³-hybridized carbons (Fsp3) is 1.00. The zero-order chi connectivity index (χ0) is 13.0. The Balaban J connectivity index is 1.79. The van der Waals surface area contributed by atoms with Crippen LogP contribution in [-0.4, -0.2) is 61.7 Å². The lowest BCUT2D eigenvalue weighted by atomic mass is 10.0. The minimum absolute atomic E-state index is 0.715. The number of rotatable bonds is 5. The Morgan fingerprint density at radius 1 is 1.11 bits per heavy atom. The zero-order valence-electron chi connectivity index (χ0n) is 12.5. The maximum Gasteiger partial charge on any atom is 0.0235 e. The minimum atomic E-state index is 0.715. The van der Waals surface area contributed by atoms with Crippen molar-refractivity contribution in [2.75, 3.05) is 39.8 Å². The first-order chi connectivity index (χ1) is 8.72. The number of likely N-dealkylation sites (tertiary alicyclic amines) is 2. The van der Waals surface area contributed by atoms with Gasteiger partial charge in [-0.05, 0) is 58.8 Å². The van der Waals surface area contributed by atoms with Crippen LogP contribution in [0.15, 0.2) is 0 Å². The predicted octanol–water partition coefficient (Wildman–Crippen LogP) is 1.79. The fourth-order valence-corrected chi connectivity index (χ4v) is 3.57. The summed E-state index contributed by atoms with van der Waals surface area (Å²) in [4.78, 5) is 5.46. The predicted molar refractivity (Wildman–Crippen MR) is 78.0 cm³/mol. The molecule has 0 amide bonds. The summed E-state index contributed by atoms with van der Waals surface area (Å²) >= 11 is 0. The van der Waals surface area contributed by atoms with E-state index in [1.807, 2.05) is 0 Å². The molecule has 3 atom stereocenters. The summed E-state index contributed by atoms with van der Waals surface area (Å²) in [5.41, 5.74) is 0. The highest BCUT2D eigenvalue weighted by Gasteiger charge is 2.31. The quantitative estimate of drug-likeness (QED) is 0.806. The van der Waals surface area contributed by atoms with Gasteiger partial charge in [0.25, 0.3) is 0 Å². The van der Waals surface area contributed by atoms with E-state index >= 15 is 0 Å². The van der Waals surface area contributed by atoms with Gasteiger partial charge in [0, 0.05) is 25.2 Å². The molecule has 0 aliphatic carbocycles. The van der Waals surface area contributed by atoms with E-state index in [0.717, 1.165) is 18.5 Å². The summed E-state index contributed by atoms with van der Waals surface area (Å²) < 4.78 is 0. The molecular weight excluding hydrogens is 222 g/mol. The van der Waals surface area contributed by atoms with E-state index in [1.54, 1.807) is 0 Å². The van der Waals surface area contributed by atoms with Crippen LogP contribution in [0.5, 0.6) is 0 Å². The van der Waals surface area contributed by atoms with Gasteiger partial charge in [0.1, 0.15) is 0 Å². The zero-order valence-corrected chi connectivity index (χ0v) is 12.5. The topological polar surface area (TPSA) is 18.5 Å². The molecule has 0 aromatic carbocycles. The summed E-state index contributed by atoms with van der Waals surface area (Å²) in [6.07, 6.45) is 5.67. The number of nitrogens with one attached hydrogen (secondary N) is 1. The Morgan fingerprint density at radius 2 is 1.83 bits per heavy atom. The fourth-order valence-electron chi connectivity index (χ4n) is 3.57. The van der Waals surface area contributed by atoms with Crippen molar-refractivity contribution in [3.05, 3.63) is 0 Å². The van der Waals surface area contributed by atoms with Crippen molar-refractivity contribution < 1.29 is 0 Å². The summed E-state index contributed by atoms with van der Waals surface area (Å²) in [6, 6.07) is 1.56. The van der Waals surface area contributed by atoms with Gasteiger partial charge in [-0.25, -0.2) is 0 Å². The van der Waals surface area contributed by atoms with E-state index in [-0.39, 0.29) is 0 Å². The molecule has 0 saturated carbocycles. The van der Waals surface area contributed by atoms with Crippen molar-refractivity contribution in [1.29, 1.82) is 0 Å². The first-order valence-corrected chi connectivity index (χ1v) is 7.85. The van der Waals surface area contributed by atoms with Gasteiger partial charge in [-0.2, -0.15) is 0 Å². The number of hydrogen-bond donors (Lipinski definition) is 1. The van der Waals surface area contributed by atoms with Crippen molar-refractivity contribution in [2.24, 2.45) is 5.92 Å². The van der Waals surface area contributed by atoms with Crippen LogP contribution in [-0.2, 0) is 0 Å². The average Bonchev–Trinajstić information content (AvgIpc) is 2.89. The molecular formula is C15H31N3. The number of hydrogen-bond acceptors (Lipinski definition) is 3. The van der Waals surface area contributed by atoms with Gasteiger partial charge in [-0.1, -0.05) is 13.3 Å². The molecule has 2 fully saturated rings. The molecule has 0 radical (unpaired) electrons. The molecule has 3 unspecified atom stereocenters. The number of nitrogens with zero attached hydrogens (tertiary/aromatic N) is 2. The first kappa shape index (κ1) is 14.3. The largest absolute Gasteiger partial charge is 0.319 e. The lowest BCUT2D eigenvalue weighted by Gasteiger charge is -2.34. The highest BCUT2D eigenvalue weighted by atomic mass is 15.3. The molecule has 2 rings (SSSR count). The molecule has 3 heteroatoms. The maximum absolute atomic E-state index is 3.31. The molecule has 2 saturated heterocycles. The third-order valence-corrected chi connectivity index (χ3v) is 5.03. The van der Waals surface area contributed by atoms with Gasteiger partial charge in [-0.3, -0.25) is 9.80 Å². The highest BCUT2D eigenvalue weighted by molar-refractivity contribution is 4.88. The van der Waals surface area contributed by atoms with E-state index in [2.05, 4.69) is 36.0 Å². The Kier molecular flexibility index (Phi) is 5.46. The summed E-state index contributed by atoms with van der Waals surface area (Å²) in [7, 11) is 2.06. The van der Waals surface area contributed by atoms with Crippen molar-refractivity contribution in [3.63, 3.8) is 0 Å². The van der Waals surface area contributed by atoms with E-state index in [1.165, 1.54) is 51.9 Å². The second-order valence-corrected chi connectivity index (χ2v) is 6.31. The lowest BCUT2D eigenvalue weighted by Crippen LogP contribution is -2.44. The van der Waals surface area contributed by atoms with Gasteiger partial charge in [0.05, 0.1) is 0 Å². The van der Waals surface area contributed by atoms with Gasteiger partial charge in [0.15, 0.2) is 0 Å². The van der Waals surface area contributed by atoms with Crippen LogP contribution < -0.4 is 5.32 Å². The Bertz CT molecular complexity index is 238. The Morgan fingerprint density at radius 3 is 2.50 bits per heavy atom. The minimum Gasteiger partial charge on any atom is -0.319 e. The lowest BCUT2D eigenvalue weighted by molar-refractivity contribution is 0.142. The Hall–Kier alpha value is -0.120. The molecule has 2 heterocycles. The SMILES string of the molecule is CNCC(C)C(C)N1CCC(N2CCCCC2)C1. The van der Waals surface area contributed by atoms with E-state index < -0.39 is 0 Å². The maximum atomic E-state index is 3.31. The molecule has 106 valence electrons. The van der Waals surface area contributed by atoms with Crippen LogP contribution in [0.25, 0.3) is 0 Å². The van der Waals surface area contributed by atoms with Crippen LogP contribution in [0, 0.1) is 5.92 Å². The monoisotopic (exact) mass is 253 g/mol. The molecule has 2 aliphatic rings. The average molecular weight is 253 g/mol. The number of piperidine rings is 1. The van der Waals surface area contributed by atoms with Crippen LogP contribution in [0.1, 0.15) is 39.5 Å². The molecule has 3 nitrogen and oxygen atoms in total. The van der Waals surface area contributed by atoms with Crippen LogP contribution in [0.4, 0.5) is 0 Å². The van der Waals surface area contributed by atoms with Crippen molar-refractivity contribution in [2.45, 2.75) is 51.6 Å². The third kappa shape index (κ3) is 3.46. The van der Waals surface area contributed by atoms with Gasteiger partial charge >= 0.3 is 0 Å². The standard InChI is InChI=1S/C15H31N3/c1-13(11-16-3)14(2)18-10-7-15(12-18)17-8-5-4-6-9-17/h13-16H,4-12H2,1-3H3. The highest BCUT2D eigenvalue weighted by Crippen LogP contribution is 2.23. The van der Waals surface area contributed by atoms with Crippen LogP contribution in [0.3, 0.4) is 0 Å². The van der Waals surface area contributed by atoms with Gasteiger partial charge < -0.3 is 5.32 Å². The second kappa shape index (κ2) is 6.88. The molecule has 2 aliphatic heterocycles. The summed E-state index contributed by atoms with van der Waals surface area (Å²) in [5.74, 6) is 0.745. The van der Waals surface area contributed by atoms with E-state index in [4.69, 9.17) is 0 Å². The smallest absolute Gasteiger partial charge is 0.0235 e. The molecule has 1 N–H and O–H groups in total. The first-order valence-electron chi connectivity index (χ1n) is 7.85. The normalized spacial score (nSPS) is 30.5. The van der Waals surface area contributed by atoms with Crippen molar-refractivity contribution >= 4 is 0 Å². The van der Waals surface area contributed by atoms with Gasteiger partial charge in [0.2, 0.25) is 0 Å². The molecule has 0 spiro atoms. The summed E-state index contributed by atoms with van der Waals surface area (Å²) in [6.45, 7) is 11.2. The van der Waals surface area contributed by atoms with Crippen LogP contribution in [0.2, 0.25) is 0 Å². The molecule has 0 aromatic rings. The molecule has 0 bridgehead atoms. The van der Waals surface area contributed by atoms with Gasteiger partial charge in [-0.15, -0.1) is 0 Å². The molecule has 18 heavy (non-hydrogen) atoms. The van der Waals surface area contributed by atoms with Crippen molar-refractivity contribution in [3.8, 4) is 0 Å². The molecule has 0 aromatic heterocycles.